The van der Waals surface area contributed by atoms with E-state index >= 15 is 0 Å². The lowest BCUT2D eigenvalue weighted by Gasteiger charge is -2.19. The van der Waals surface area contributed by atoms with Gasteiger partial charge in [-0.15, -0.1) is 0 Å². The van der Waals surface area contributed by atoms with Crippen LogP contribution in [0, 0.1) is 12.8 Å². The number of halogens is 1. The highest BCUT2D eigenvalue weighted by atomic mass is 35.5. The Labute approximate surface area is 106 Å². The monoisotopic (exact) mass is 256 g/mol. The number of aromatic nitrogens is 1. The van der Waals surface area contributed by atoms with Crippen LogP contribution in [0.25, 0.3) is 0 Å². The van der Waals surface area contributed by atoms with Crippen molar-refractivity contribution in [2.45, 2.75) is 26.8 Å². The quantitative estimate of drug-likeness (QED) is 0.808. The fourth-order valence-corrected chi connectivity index (χ4v) is 1.60. The second-order valence-electron chi connectivity index (χ2n) is 4.24. The van der Waals surface area contributed by atoms with Crippen LogP contribution in [0.3, 0.4) is 0 Å². The molecule has 1 rings (SSSR count). The van der Waals surface area contributed by atoms with Crippen LogP contribution < -0.4 is 5.32 Å². The number of hydrogen-bond acceptors (Lipinski definition) is 3. The highest BCUT2D eigenvalue weighted by Gasteiger charge is 2.15. The Morgan fingerprint density at radius 1 is 1.53 bits per heavy atom. The van der Waals surface area contributed by atoms with E-state index in [1.165, 1.54) is 6.07 Å². The smallest absolute Gasteiger partial charge is 0.251 e. The van der Waals surface area contributed by atoms with Gasteiger partial charge >= 0.3 is 0 Å². The molecular weight excluding hydrogens is 240 g/mol. The molecule has 0 saturated carbocycles. The summed E-state index contributed by atoms with van der Waals surface area (Å²) < 4.78 is 0. The molecule has 1 heterocycles. The zero-order valence-corrected chi connectivity index (χ0v) is 11.0. The van der Waals surface area contributed by atoms with Crippen molar-refractivity contribution in [1.29, 1.82) is 0 Å². The summed E-state index contributed by atoms with van der Waals surface area (Å²) >= 11 is 5.79. The molecule has 1 amide bonds. The van der Waals surface area contributed by atoms with Gasteiger partial charge in [-0.1, -0.05) is 18.5 Å². The van der Waals surface area contributed by atoms with Gasteiger partial charge in [0.2, 0.25) is 0 Å². The van der Waals surface area contributed by atoms with Gasteiger partial charge in [0.15, 0.2) is 0 Å². The first-order valence-corrected chi connectivity index (χ1v) is 5.87. The van der Waals surface area contributed by atoms with Gasteiger partial charge in [-0.3, -0.25) is 4.79 Å². The number of rotatable bonds is 4. The second-order valence-corrected chi connectivity index (χ2v) is 4.63. The molecule has 0 aliphatic rings. The summed E-state index contributed by atoms with van der Waals surface area (Å²) in [4.78, 5) is 15.9. The summed E-state index contributed by atoms with van der Waals surface area (Å²) in [5.74, 6) is -0.192. The summed E-state index contributed by atoms with van der Waals surface area (Å²) in [5, 5.41) is 12.1. The van der Waals surface area contributed by atoms with Crippen molar-refractivity contribution >= 4 is 17.5 Å². The number of nitrogens with zero attached hydrogens (tertiary/aromatic N) is 1. The number of hydrogen-bond donors (Lipinski definition) is 2. The van der Waals surface area contributed by atoms with Gasteiger partial charge in [0.1, 0.15) is 5.15 Å². The van der Waals surface area contributed by atoms with Crippen molar-refractivity contribution in [3.05, 3.63) is 28.5 Å². The molecule has 0 aliphatic carbocycles. The normalized spacial score (nSPS) is 14.2. The Bertz CT molecular complexity index is 389. The molecule has 0 fully saturated rings. The number of nitrogens with one attached hydrogen (secondary N) is 1. The third-order valence-corrected chi connectivity index (χ3v) is 2.88. The minimum absolute atomic E-state index is 0.0114. The Morgan fingerprint density at radius 2 is 2.18 bits per heavy atom. The van der Waals surface area contributed by atoms with E-state index in [0.29, 0.717) is 16.4 Å². The molecule has 1 aromatic rings. The largest absolute Gasteiger partial charge is 0.396 e. The van der Waals surface area contributed by atoms with E-state index in [-0.39, 0.29) is 24.5 Å². The first kappa shape index (κ1) is 13.9. The van der Waals surface area contributed by atoms with Gasteiger partial charge in [0.25, 0.3) is 5.91 Å². The predicted molar refractivity (Wildman–Crippen MR) is 67.2 cm³/mol. The molecule has 0 bridgehead atoms. The lowest BCUT2D eigenvalue weighted by molar-refractivity contribution is 0.0916. The molecule has 0 saturated heterocycles. The number of carbonyl (C=O) groups is 1. The molecule has 17 heavy (non-hydrogen) atoms. The lowest BCUT2D eigenvalue weighted by atomic mass is 10.0. The molecule has 0 radical (unpaired) electrons. The number of carbonyl (C=O) groups excluding carboxylic acids is 1. The average molecular weight is 257 g/mol. The Hall–Kier alpha value is -1.13. The molecule has 1 aromatic heterocycles. The molecule has 5 heteroatoms. The standard InChI is InChI=1S/C12H17ClN2O2/c1-7(6-16)9(3)15-12(17)10-4-8(2)14-11(13)5-10/h4-5,7,9,16H,6H2,1-3H3,(H,15,17). The van der Waals surface area contributed by atoms with Gasteiger partial charge in [0, 0.05) is 23.9 Å². The van der Waals surface area contributed by atoms with Crippen LogP contribution >= 0.6 is 11.6 Å². The predicted octanol–water partition coefficient (Wildman–Crippen LogP) is 1.79. The molecule has 2 N–H and O–H groups in total. The van der Waals surface area contributed by atoms with Gasteiger partial charge in [-0.05, 0) is 31.9 Å². The molecule has 2 atom stereocenters. The summed E-state index contributed by atoms with van der Waals surface area (Å²) in [5.41, 5.74) is 1.19. The van der Waals surface area contributed by atoms with E-state index < -0.39 is 0 Å². The van der Waals surface area contributed by atoms with Crippen molar-refractivity contribution in [2.24, 2.45) is 5.92 Å². The molecule has 0 aromatic carbocycles. The number of pyridine rings is 1. The third-order valence-electron chi connectivity index (χ3n) is 2.68. The summed E-state index contributed by atoms with van der Waals surface area (Å²) in [6.07, 6.45) is 0. The molecular formula is C12H17ClN2O2. The van der Waals surface area contributed by atoms with Crippen LogP contribution in [0.4, 0.5) is 0 Å². The fraction of sp³-hybridized carbons (Fsp3) is 0.500. The van der Waals surface area contributed by atoms with Gasteiger partial charge in [-0.2, -0.15) is 0 Å². The summed E-state index contributed by atoms with van der Waals surface area (Å²) in [7, 11) is 0. The van der Waals surface area contributed by atoms with Gasteiger partial charge < -0.3 is 10.4 Å². The van der Waals surface area contributed by atoms with Crippen molar-refractivity contribution in [3.8, 4) is 0 Å². The molecule has 0 aliphatic heterocycles. The average Bonchev–Trinajstić information content (AvgIpc) is 2.26. The van der Waals surface area contributed by atoms with E-state index in [1.54, 1.807) is 13.0 Å². The van der Waals surface area contributed by atoms with Crippen molar-refractivity contribution in [3.63, 3.8) is 0 Å². The zero-order chi connectivity index (χ0) is 13.0. The maximum atomic E-state index is 11.9. The van der Waals surface area contributed by atoms with E-state index in [4.69, 9.17) is 16.7 Å². The lowest BCUT2D eigenvalue weighted by Crippen LogP contribution is -2.38. The van der Waals surface area contributed by atoms with Gasteiger partial charge in [0.05, 0.1) is 0 Å². The van der Waals surface area contributed by atoms with Crippen LogP contribution in [0.15, 0.2) is 12.1 Å². The van der Waals surface area contributed by atoms with Crippen LogP contribution in [-0.4, -0.2) is 28.6 Å². The van der Waals surface area contributed by atoms with E-state index in [1.807, 2.05) is 13.8 Å². The maximum absolute atomic E-state index is 11.9. The number of aliphatic hydroxyl groups excluding tert-OH is 1. The van der Waals surface area contributed by atoms with Crippen molar-refractivity contribution < 1.29 is 9.90 Å². The third kappa shape index (κ3) is 3.98. The zero-order valence-electron chi connectivity index (χ0n) is 10.2. The van der Waals surface area contributed by atoms with E-state index in [9.17, 15) is 4.79 Å². The highest BCUT2D eigenvalue weighted by Crippen LogP contribution is 2.11. The Balaban J connectivity index is 2.76. The highest BCUT2D eigenvalue weighted by molar-refractivity contribution is 6.29. The van der Waals surface area contributed by atoms with Crippen LogP contribution in [0.2, 0.25) is 5.15 Å². The van der Waals surface area contributed by atoms with Crippen molar-refractivity contribution in [1.82, 2.24) is 10.3 Å². The summed E-state index contributed by atoms with van der Waals surface area (Å²) in [6.45, 7) is 5.55. The second kappa shape index (κ2) is 5.98. The first-order valence-electron chi connectivity index (χ1n) is 5.50. The minimum atomic E-state index is -0.204. The van der Waals surface area contributed by atoms with Gasteiger partial charge in [-0.25, -0.2) is 4.98 Å². The summed E-state index contributed by atoms with van der Waals surface area (Å²) in [6, 6.07) is 3.11. The SMILES string of the molecule is Cc1cc(C(=O)NC(C)C(C)CO)cc(Cl)n1. The number of aliphatic hydroxyl groups is 1. The number of amides is 1. The molecule has 4 nitrogen and oxygen atoms in total. The van der Waals surface area contributed by atoms with Crippen LogP contribution in [-0.2, 0) is 0 Å². The Kier molecular flexibility index (Phi) is 4.90. The van der Waals surface area contributed by atoms with E-state index in [2.05, 4.69) is 10.3 Å². The molecule has 0 spiro atoms. The fourth-order valence-electron chi connectivity index (χ4n) is 1.35. The molecule has 2 unspecified atom stereocenters. The topological polar surface area (TPSA) is 62.2 Å². The minimum Gasteiger partial charge on any atom is -0.396 e. The van der Waals surface area contributed by atoms with Crippen molar-refractivity contribution in [2.75, 3.05) is 6.61 Å². The van der Waals surface area contributed by atoms with Crippen LogP contribution in [0.1, 0.15) is 29.9 Å². The van der Waals surface area contributed by atoms with Crippen LogP contribution in [0.5, 0.6) is 0 Å². The number of aryl methyl sites for hydroxylation is 1. The molecule has 94 valence electrons. The first-order chi connectivity index (χ1) is 7.93. The van der Waals surface area contributed by atoms with E-state index in [0.717, 1.165) is 0 Å². The Morgan fingerprint density at radius 3 is 2.71 bits per heavy atom. The maximum Gasteiger partial charge on any atom is 0.251 e.